The Kier molecular flexibility index (Phi) is 5.46. The van der Waals surface area contributed by atoms with Crippen molar-refractivity contribution >= 4 is 22.8 Å². The molecule has 0 fully saturated rings. The van der Waals surface area contributed by atoms with Crippen LogP contribution in [0.2, 0.25) is 0 Å². The molecule has 0 saturated heterocycles. The number of carboxylic acids is 1. The highest BCUT2D eigenvalue weighted by Gasteiger charge is 2.23. The molecule has 1 amide bonds. The van der Waals surface area contributed by atoms with Gasteiger partial charge in [0.25, 0.3) is 5.91 Å². The van der Waals surface area contributed by atoms with Crippen LogP contribution in [0.5, 0.6) is 5.75 Å². The van der Waals surface area contributed by atoms with E-state index in [9.17, 15) is 14.4 Å². The van der Waals surface area contributed by atoms with Crippen molar-refractivity contribution in [1.29, 1.82) is 0 Å². The van der Waals surface area contributed by atoms with Crippen LogP contribution in [0.15, 0.2) is 27.4 Å². The fourth-order valence-corrected chi connectivity index (χ4v) is 2.53. The smallest absolute Gasteiger partial charge is 0.336 e. The highest BCUT2D eigenvalue weighted by Crippen LogP contribution is 2.28. The van der Waals surface area contributed by atoms with Gasteiger partial charge in [0.2, 0.25) is 0 Å². The molecule has 25 heavy (non-hydrogen) atoms. The Morgan fingerprint density at radius 1 is 1.28 bits per heavy atom. The fourth-order valence-electron chi connectivity index (χ4n) is 2.53. The van der Waals surface area contributed by atoms with E-state index in [4.69, 9.17) is 14.3 Å². The van der Waals surface area contributed by atoms with Crippen molar-refractivity contribution in [3.63, 3.8) is 0 Å². The summed E-state index contributed by atoms with van der Waals surface area (Å²) >= 11 is 0. The molecule has 7 nitrogen and oxygen atoms in total. The number of carbonyl (C=O) groups is 2. The zero-order valence-electron chi connectivity index (χ0n) is 14.6. The zero-order valence-corrected chi connectivity index (χ0v) is 14.6. The van der Waals surface area contributed by atoms with Crippen molar-refractivity contribution < 1.29 is 23.8 Å². The van der Waals surface area contributed by atoms with E-state index in [0.29, 0.717) is 16.9 Å². The van der Waals surface area contributed by atoms with Crippen LogP contribution in [0.3, 0.4) is 0 Å². The van der Waals surface area contributed by atoms with E-state index in [2.05, 4.69) is 5.32 Å². The Morgan fingerprint density at radius 2 is 1.96 bits per heavy atom. The summed E-state index contributed by atoms with van der Waals surface area (Å²) in [5.41, 5.74) is 1.35. The third-order valence-electron chi connectivity index (χ3n) is 3.93. The average molecular weight is 347 g/mol. The van der Waals surface area contributed by atoms with E-state index in [1.54, 1.807) is 32.9 Å². The molecule has 2 N–H and O–H groups in total. The summed E-state index contributed by atoms with van der Waals surface area (Å²) < 4.78 is 10.7. The molecule has 7 heteroatoms. The highest BCUT2D eigenvalue weighted by atomic mass is 16.5. The molecular formula is C18H21NO6. The van der Waals surface area contributed by atoms with Crippen LogP contribution in [0.4, 0.5) is 0 Å². The molecule has 0 aliphatic carbocycles. The van der Waals surface area contributed by atoms with Gasteiger partial charge in [-0.3, -0.25) is 4.79 Å². The van der Waals surface area contributed by atoms with Crippen LogP contribution in [0.1, 0.15) is 25.0 Å². The van der Waals surface area contributed by atoms with Crippen molar-refractivity contribution in [2.45, 2.75) is 33.7 Å². The van der Waals surface area contributed by atoms with Crippen LogP contribution >= 0.6 is 0 Å². The summed E-state index contributed by atoms with van der Waals surface area (Å²) in [7, 11) is 0. The van der Waals surface area contributed by atoms with Gasteiger partial charge in [-0.1, -0.05) is 13.8 Å². The van der Waals surface area contributed by atoms with Crippen molar-refractivity contribution in [2.75, 3.05) is 6.61 Å². The maximum Gasteiger partial charge on any atom is 0.336 e. The second-order valence-electron chi connectivity index (χ2n) is 6.23. The lowest BCUT2D eigenvalue weighted by Crippen LogP contribution is -2.46. The van der Waals surface area contributed by atoms with Crippen molar-refractivity contribution in [3.8, 4) is 5.75 Å². The van der Waals surface area contributed by atoms with Gasteiger partial charge in [-0.25, -0.2) is 9.59 Å². The molecule has 0 aliphatic heterocycles. The van der Waals surface area contributed by atoms with Crippen LogP contribution < -0.4 is 15.7 Å². The second-order valence-corrected chi connectivity index (χ2v) is 6.23. The zero-order chi connectivity index (χ0) is 18.7. The lowest BCUT2D eigenvalue weighted by atomic mass is 10.1. The van der Waals surface area contributed by atoms with E-state index in [1.165, 1.54) is 6.07 Å². The minimum Gasteiger partial charge on any atom is -0.483 e. The van der Waals surface area contributed by atoms with Gasteiger partial charge >= 0.3 is 11.6 Å². The summed E-state index contributed by atoms with van der Waals surface area (Å²) in [6, 6.07) is 3.87. The first-order valence-electron chi connectivity index (χ1n) is 7.89. The molecule has 0 bridgehead atoms. The Morgan fingerprint density at radius 3 is 2.56 bits per heavy atom. The maximum atomic E-state index is 11.9. The topological polar surface area (TPSA) is 106 Å². The highest BCUT2D eigenvalue weighted by molar-refractivity contribution is 5.86. The average Bonchev–Trinajstić information content (AvgIpc) is 2.51. The third kappa shape index (κ3) is 4.17. The monoisotopic (exact) mass is 347 g/mol. The number of fused-ring (bicyclic) bond motifs is 1. The Bertz CT molecular complexity index is 868. The minimum absolute atomic E-state index is 0.249. The fraction of sp³-hybridized carbons (Fsp3) is 0.389. The number of hydrogen-bond donors (Lipinski definition) is 2. The largest absolute Gasteiger partial charge is 0.483 e. The number of carbonyl (C=O) groups excluding carboxylic acids is 1. The quantitative estimate of drug-likeness (QED) is 0.774. The Labute approximate surface area is 144 Å². The van der Waals surface area contributed by atoms with E-state index >= 15 is 0 Å². The van der Waals surface area contributed by atoms with Gasteiger partial charge in [-0.2, -0.15) is 0 Å². The molecule has 2 aromatic rings. The summed E-state index contributed by atoms with van der Waals surface area (Å²) in [6.07, 6.45) is 0. The predicted octanol–water partition coefficient (Wildman–Crippen LogP) is 2.01. The molecule has 1 heterocycles. The third-order valence-corrected chi connectivity index (χ3v) is 3.93. The van der Waals surface area contributed by atoms with Crippen LogP contribution in [0, 0.1) is 19.8 Å². The summed E-state index contributed by atoms with van der Waals surface area (Å²) in [5.74, 6) is -1.48. The molecule has 0 saturated carbocycles. The number of hydrogen-bond acceptors (Lipinski definition) is 5. The molecule has 1 aromatic heterocycles. The van der Waals surface area contributed by atoms with E-state index in [1.807, 2.05) is 6.92 Å². The van der Waals surface area contributed by atoms with Gasteiger partial charge in [0.05, 0.1) is 0 Å². The number of benzene rings is 1. The SMILES string of the molecule is Cc1cc(=O)oc2c(C)c(OCC(=O)N[C@H](C(=O)O)C(C)C)ccc12. The Hall–Kier alpha value is -2.83. The van der Waals surface area contributed by atoms with Gasteiger partial charge < -0.3 is 19.6 Å². The van der Waals surface area contributed by atoms with Gasteiger partial charge in [-0.05, 0) is 37.5 Å². The summed E-state index contributed by atoms with van der Waals surface area (Å²) in [6.45, 7) is 6.62. The van der Waals surface area contributed by atoms with Gasteiger partial charge in [0.15, 0.2) is 6.61 Å². The first-order valence-corrected chi connectivity index (χ1v) is 7.89. The summed E-state index contributed by atoms with van der Waals surface area (Å²) in [4.78, 5) is 34.6. The standard InChI is InChI=1S/C18H21NO6/c1-9(2)16(18(22)23)19-14(20)8-24-13-6-5-12-10(3)7-15(21)25-17(12)11(13)4/h5-7,9,16H,8H2,1-4H3,(H,19,20)(H,22,23)/t16-/m0/s1. The molecular weight excluding hydrogens is 326 g/mol. The first-order chi connectivity index (χ1) is 11.7. The van der Waals surface area contributed by atoms with Crippen molar-refractivity contribution in [3.05, 3.63) is 39.7 Å². The molecule has 2 rings (SSSR count). The summed E-state index contributed by atoms with van der Waals surface area (Å²) in [5, 5.41) is 12.3. The van der Waals surface area contributed by atoms with E-state index in [-0.39, 0.29) is 12.5 Å². The number of amides is 1. The van der Waals surface area contributed by atoms with Crippen LogP contribution in [-0.4, -0.2) is 29.6 Å². The molecule has 0 aliphatic rings. The maximum absolute atomic E-state index is 11.9. The van der Waals surface area contributed by atoms with E-state index in [0.717, 1.165) is 10.9 Å². The number of aliphatic carboxylic acids is 1. The number of rotatable bonds is 6. The number of aryl methyl sites for hydroxylation is 2. The molecule has 1 aromatic carbocycles. The van der Waals surface area contributed by atoms with Gasteiger partial charge in [0, 0.05) is 17.0 Å². The van der Waals surface area contributed by atoms with E-state index < -0.39 is 23.5 Å². The van der Waals surface area contributed by atoms with Crippen molar-refractivity contribution in [1.82, 2.24) is 5.32 Å². The molecule has 0 radical (unpaired) electrons. The molecule has 1 atom stereocenters. The van der Waals surface area contributed by atoms with Crippen LogP contribution in [0.25, 0.3) is 11.0 Å². The Balaban J connectivity index is 2.16. The lowest BCUT2D eigenvalue weighted by molar-refractivity contribution is -0.143. The number of nitrogens with one attached hydrogen (secondary N) is 1. The molecule has 134 valence electrons. The van der Waals surface area contributed by atoms with Crippen LogP contribution in [-0.2, 0) is 9.59 Å². The predicted molar refractivity (Wildman–Crippen MR) is 91.9 cm³/mol. The first kappa shape index (κ1) is 18.5. The minimum atomic E-state index is -1.09. The lowest BCUT2D eigenvalue weighted by Gasteiger charge is -2.18. The molecule has 0 spiro atoms. The second kappa shape index (κ2) is 7.38. The molecule has 0 unspecified atom stereocenters. The number of carboxylic acid groups (broad SMARTS) is 1. The van der Waals surface area contributed by atoms with Crippen molar-refractivity contribution in [2.24, 2.45) is 5.92 Å². The van der Waals surface area contributed by atoms with Gasteiger partial charge in [0.1, 0.15) is 17.4 Å². The normalized spacial score (nSPS) is 12.2. The van der Waals surface area contributed by atoms with Gasteiger partial charge in [-0.15, -0.1) is 0 Å². The number of ether oxygens (including phenoxy) is 1.